The maximum atomic E-state index is 12.4. The third-order valence-electron chi connectivity index (χ3n) is 2.37. The molecule has 0 aliphatic carbocycles. The van der Waals surface area contributed by atoms with Crippen LogP contribution in [0.5, 0.6) is 0 Å². The van der Waals surface area contributed by atoms with Crippen molar-refractivity contribution in [2.45, 2.75) is 18.7 Å². The lowest BCUT2D eigenvalue weighted by atomic mass is 10.2. The second kappa shape index (κ2) is 7.59. The van der Waals surface area contributed by atoms with Crippen LogP contribution in [-0.2, 0) is 29.9 Å². The van der Waals surface area contributed by atoms with Crippen molar-refractivity contribution in [3.05, 3.63) is 40.8 Å². The second-order valence-electron chi connectivity index (χ2n) is 4.00. The Morgan fingerprint density at radius 1 is 1.25 bits per heavy atom. The monoisotopic (exact) mass is 296 g/mol. The molecule has 0 saturated heterocycles. The minimum atomic E-state index is -1.59. The van der Waals surface area contributed by atoms with Crippen molar-refractivity contribution >= 4 is 22.7 Å². The average Bonchev–Trinajstić information content (AvgIpc) is 2.43. The van der Waals surface area contributed by atoms with Gasteiger partial charge in [-0.3, -0.25) is 4.79 Å². The van der Waals surface area contributed by atoms with E-state index in [0.29, 0.717) is 4.90 Å². The molecule has 0 amide bonds. The van der Waals surface area contributed by atoms with E-state index < -0.39 is 22.7 Å². The second-order valence-corrected chi connectivity index (χ2v) is 5.53. The zero-order valence-corrected chi connectivity index (χ0v) is 12.4. The van der Waals surface area contributed by atoms with Crippen LogP contribution in [0.1, 0.15) is 12.5 Å². The third kappa shape index (κ3) is 4.97. The minimum Gasteiger partial charge on any atom is -0.466 e. The van der Waals surface area contributed by atoms with E-state index in [-0.39, 0.29) is 11.5 Å². The van der Waals surface area contributed by atoms with Gasteiger partial charge in [0.25, 0.3) is 0 Å². The maximum Gasteiger partial charge on any atom is 0.331 e. The fourth-order valence-electron chi connectivity index (χ4n) is 1.33. The third-order valence-corrected chi connectivity index (χ3v) is 3.78. The Balaban J connectivity index is 3.00. The Morgan fingerprint density at radius 2 is 1.85 bits per heavy atom. The molecule has 0 heterocycles. The molecule has 6 heteroatoms. The van der Waals surface area contributed by atoms with E-state index in [1.165, 1.54) is 14.0 Å². The number of hydrogen-bond donors (Lipinski definition) is 0. The summed E-state index contributed by atoms with van der Waals surface area (Å²) >= 11 is 0. The molecule has 0 saturated carbocycles. The summed E-state index contributed by atoms with van der Waals surface area (Å²) in [4.78, 5) is 22.8. The van der Waals surface area contributed by atoms with E-state index in [2.05, 4.69) is 4.74 Å². The first kappa shape index (κ1) is 16.1. The molecule has 0 aliphatic heterocycles. The highest BCUT2D eigenvalue weighted by molar-refractivity contribution is 7.89. The van der Waals surface area contributed by atoms with Gasteiger partial charge >= 0.3 is 11.9 Å². The van der Waals surface area contributed by atoms with E-state index in [1.807, 2.05) is 19.1 Å². The molecule has 108 valence electrons. The number of rotatable bonds is 5. The van der Waals surface area contributed by atoms with Crippen LogP contribution < -0.4 is 0 Å². The number of ether oxygens (including phenoxy) is 2. The van der Waals surface area contributed by atoms with Gasteiger partial charge in [0.05, 0.1) is 22.8 Å². The summed E-state index contributed by atoms with van der Waals surface area (Å²) in [5.41, 5.74) is 1.03. The number of carbonyl (C=O) groups excluding carboxylic acids is 2. The molecule has 1 unspecified atom stereocenters. The fraction of sp³-hybridized carbons (Fsp3) is 0.286. The number of carbonyl (C=O) groups is 2. The van der Waals surface area contributed by atoms with Gasteiger partial charge in [-0.05, 0) is 19.1 Å². The molecule has 1 rings (SSSR count). The van der Waals surface area contributed by atoms with Crippen molar-refractivity contribution < 1.29 is 23.3 Å². The van der Waals surface area contributed by atoms with Gasteiger partial charge < -0.3 is 9.47 Å². The smallest absolute Gasteiger partial charge is 0.331 e. The van der Waals surface area contributed by atoms with Gasteiger partial charge in [-0.1, -0.05) is 17.7 Å². The van der Waals surface area contributed by atoms with Gasteiger partial charge in [-0.25, -0.2) is 9.00 Å². The van der Waals surface area contributed by atoms with E-state index in [1.54, 1.807) is 12.1 Å². The van der Waals surface area contributed by atoms with Gasteiger partial charge in [0.2, 0.25) is 0 Å². The lowest BCUT2D eigenvalue weighted by Gasteiger charge is -2.08. The summed E-state index contributed by atoms with van der Waals surface area (Å²) in [7, 11) is -0.366. The standard InChI is InChI=1S/C14H16O5S/c1-10-4-6-12(7-5-10)20(17)13(8-14(16)18-3)9-19-11(2)15/h4-8H,9H2,1-3H3/b13-8+. The number of methoxy groups -OCH3 is 1. The van der Waals surface area contributed by atoms with Crippen molar-refractivity contribution in [2.24, 2.45) is 0 Å². The van der Waals surface area contributed by atoms with Crippen LogP contribution in [0.4, 0.5) is 0 Å². The van der Waals surface area contributed by atoms with Gasteiger partial charge in [-0.15, -0.1) is 0 Å². The summed E-state index contributed by atoms with van der Waals surface area (Å²) in [5, 5.41) is 0. The molecule has 0 N–H and O–H groups in total. The average molecular weight is 296 g/mol. The van der Waals surface area contributed by atoms with Crippen LogP contribution in [0, 0.1) is 6.92 Å². The molecule has 0 bridgehead atoms. The summed E-state index contributed by atoms with van der Waals surface area (Å²) < 4.78 is 21.7. The topological polar surface area (TPSA) is 69.7 Å². The molecule has 0 aromatic heterocycles. The summed E-state index contributed by atoms with van der Waals surface area (Å²) in [6.07, 6.45) is 1.08. The van der Waals surface area contributed by atoms with Crippen LogP contribution in [0.2, 0.25) is 0 Å². The first-order chi connectivity index (χ1) is 9.43. The van der Waals surface area contributed by atoms with Crippen LogP contribution in [0.25, 0.3) is 0 Å². The normalized spacial score (nSPS) is 12.7. The lowest BCUT2D eigenvalue weighted by Crippen LogP contribution is -2.10. The number of hydrogen-bond acceptors (Lipinski definition) is 5. The van der Waals surface area contributed by atoms with E-state index >= 15 is 0 Å². The molecule has 1 aromatic rings. The van der Waals surface area contributed by atoms with Gasteiger partial charge in [0.15, 0.2) is 0 Å². The zero-order chi connectivity index (χ0) is 15.1. The molecule has 0 fully saturated rings. The fourth-order valence-corrected chi connectivity index (χ4v) is 2.38. The van der Waals surface area contributed by atoms with E-state index in [4.69, 9.17) is 4.74 Å². The molecule has 20 heavy (non-hydrogen) atoms. The highest BCUT2D eigenvalue weighted by atomic mass is 32.2. The zero-order valence-electron chi connectivity index (χ0n) is 11.5. The summed E-state index contributed by atoms with van der Waals surface area (Å²) in [5.74, 6) is -1.16. The van der Waals surface area contributed by atoms with Crippen LogP contribution >= 0.6 is 0 Å². The number of aryl methyl sites for hydroxylation is 1. The largest absolute Gasteiger partial charge is 0.466 e. The van der Waals surface area contributed by atoms with Crippen molar-refractivity contribution in [3.63, 3.8) is 0 Å². The van der Waals surface area contributed by atoms with Crippen LogP contribution in [0.15, 0.2) is 40.1 Å². The first-order valence-electron chi connectivity index (χ1n) is 5.84. The van der Waals surface area contributed by atoms with Crippen molar-refractivity contribution in [3.8, 4) is 0 Å². The SMILES string of the molecule is COC(=O)/C=C(\COC(C)=O)S(=O)c1ccc(C)cc1. The molecular formula is C14H16O5S. The highest BCUT2D eigenvalue weighted by Gasteiger charge is 2.14. The number of benzene rings is 1. The van der Waals surface area contributed by atoms with Crippen molar-refractivity contribution in [1.29, 1.82) is 0 Å². The Bertz CT molecular complexity index is 545. The van der Waals surface area contributed by atoms with Gasteiger partial charge in [-0.2, -0.15) is 0 Å². The van der Waals surface area contributed by atoms with Crippen LogP contribution in [0.3, 0.4) is 0 Å². The predicted octanol–water partition coefficient (Wildman–Crippen LogP) is 1.72. The molecule has 1 atom stereocenters. The molecule has 0 spiro atoms. The van der Waals surface area contributed by atoms with Crippen molar-refractivity contribution in [1.82, 2.24) is 0 Å². The molecular weight excluding hydrogens is 280 g/mol. The molecule has 0 radical (unpaired) electrons. The number of esters is 2. The van der Waals surface area contributed by atoms with Crippen molar-refractivity contribution in [2.75, 3.05) is 13.7 Å². The van der Waals surface area contributed by atoms with E-state index in [0.717, 1.165) is 11.6 Å². The van der Waals surface area contributed by atoms with E-state index in [9.17, 15) is 13.8 Å². The lowest BCUT2D eigenvalue weighted by molar-refractivity contribution is -0.140. The van der Waals surface area contributed by atoms with Gasteiger partial charge in [0.1, 0.15) is 6.61 Å². The predicted molar refractivity (Wildman–Crippen MR) is 74.3 cm³/mol. The summed E-state index contributed by atoms with van der Waals surface area (Å²) in [6, 6.07) is 7.03. The molecule has 1 aromatic carbocycles. The quantitative estimate of drug-likeness (QED) is 0.611. The summed E-state index contributed by atoms with van der Waals surface area (Å²) in [6.45, 7) is 2.94. The Hall–Kier alpha value is -1.95. The highest BCUT2D eigenvalue weighted by Crippen LogP contribution is 2.16. The minimum absolute atomic E-state index is 0.177. The maximum absolute atomic E-state index is 12.4. The Kier molecular flexibility index (Phi) is 6.11. The Labute approximate surface area is 120 Å². The van der Waals surface area contributed by atoms with Crippen LogP contribution in [-0.4, -0.2) is 29.9 Å². The first-order valence-corrected chi connectivity index (χ1v) is 6.99. The Morgan fingerprint density at radius 3 is 2.35 bits per heavy atom. The molecule has 0 aliphatic rings. The van der Waals surface area contributed by atoms with Gasteiger partial charge in [0, 0.05) is 17.9 Å². The molecule has 5 nitrogen and oxygen atoms in total.